The third kappa shape index (κ3) is 2.77. The Morgan fingerprint density at radius 2 is 2.50 bits per heavy atom. The van der Waals surface area contributed by atoms with Crippen molar-refractivity contribution in [3.05, 3.63) is 34.3 Å². The minimum atomic E-state index is -0.243. The lowest BCUT2D eigenvalue weighted by Gasteiger charge is -1.93. The molecular weight excluding hydrogens is 224 g/mol. The van der Waals surface area contributed by atoms with E-state index in [1.165, 1.54) is 6.08 Å². The molecule has 0 aliphatic rings. The Hall–Kier alpha value is -1.95. The predicted octanol–water partition coefficient (Wildman–Crippen LogP) is 1.83. The van der Waals surface area contributed by atoms with Crippen molar-refractivity contribution in [1.82, 2.24) is 15.2 Å². The zero-order chi connectivity index (χ0) is 11.4. The lowest BCUT2D eigenvalue weighted by Crippen LogP contribution is -2.08. The summed E-state index contributed by atoms with van der Waals surface area (Å²) in [6, 6.07) is 3.87. The maximum absolute atomic E-state index is 11.4. The zero-order valence-corrected chi connectivity index (χ0v) is 9.41. The van der Waals surface area contributed by atoms with E-state index in [4.69, 9.17) is 0 Å². The Balaban J connectivity index is 1.94. The predicted molar refractivity (Wildman–Crippen MR) is 63.1 cm³/mol. The van der Waals surface area contributed by atoms with Crippen LogP contribution >= 0.6 is 11.3 Å². The lowest BCUT2D eigenvalue weighted by atomic mass is 10.4. The molecule has 0 fully saturated rings. The number of aromatic amines is 1. The summed E-state index contributed by atoms with van der Waals surface area (Å²) in [5.41, 5.74) is 0. The summed E-state index contributed by atoms with van der Waals surface area (Å²) >= 11 is 1.57. The monoisotopic (exact) mass is 234 g/mol. The van der Waals surface area contributed by atoms with Gasteiger partial charge in [-0.05, 0) is 24.4 Å². The molecule has 0 aromatic carbocycles. The highest BCUT2D eigenvalue weighted by Gasteiger charge is 2.02. The standard InChI is InChI=1S/C10H10N4OS/c1-7-11-10(14-13-7)12-9(15)5-4-8-3-2-6-16-8/h2-6H,1H3,(H2,11,12,13,14,15)/b5-4+. The van der Waals surface area contributed by atoms with Crippen molar-refractivity contribution in [1.29, 1.82) is 0 Å². The number of aryl methyl sites for hydroxylation is 1. The molecular formula is C10H10N4OS. The molecule has 0 spiro atoms. The normalized spacial score (nSPS) is 10.8. The third-order valence-corrected chi connectivity index (χ3v) is 2.61. The average Bonchev–Trinajstić information content (AvgIpc) is 2.87. The minimum absolute atomic E-state index is 0.243. The van der Waals surface area contributed by atoms with Gasteiger partial charge in [0.2, 0.25) is 5.95 Å². The summed E-state index contributed by atoms with van der Waals surface area (Å²) in [7, 11) is 0. The Kier molecular flexibility index (Phi) is 3.11. The summed E-state index contributed by atoms with van der Waals surface area (Å²) in [6.07, 6.45) is 3.21. The molecule has 1 amide bonds. The molecule has 82 valence electrons. The molecule has 2 N–H and O–H groups in total. The first-order chi connectivity index (χ1) is 7.74. The molecule has 2 rings (SSSR count). The van der Waals surface area contributed by atoms with E-state index in [-0.39, 0.29) is 5.91 Å². The SMILES string of the molecule is Cc1nc(NC(=O)/C=C/c2cccs2)n[nH]1. The van der Waals surface area contributed by atoms with E-state index in [2.05, 4.69) is 20.5 Å². The highest BCUT2D eigenvalue weighted by molar-refractivity contribution is 7.10. The fourth-order valence-electron chi connectivity index (χ4n) is 1.09. The van der Waals surface area contributed by atoms with Crippen LogP contribution in [0.15, 0.2) is 23.6 Å². The number of H-pyrrole nitrogens is 1. The Labute approximate surface area is 96.2 Å². The number of hydrogen-bond donors (Lipinski definition) is 2. The van der Waals surface area contributed by atoms with Gasteiger partial charge in [-0.15, -0.1) is 16.4 Å². The van der Waals surface area contributed by atoms with Crippen molar-refractivity contribution < 1.29 is 4.79 Å². The van der Waals surface area contributed by atoms with Crippen molar-refractivity contribution in [2.75, 3.05) is 5.32 Å². The molecule has 0 radical (unpaired) electrons. The van der Waals surface area contributed by atoms with Gasteiger partial charge in [-0.25, -0.2) is 0 Å². The lowest BCUT2D eigenvalue weighted by molar-refractivity contribution is -0.111. The number of carbonyl (C=O) groups excluding carboxylic acids is 1. The van der Waals surface area contributed by atoms with E-state index < -0.39 is 0 Å². The van der Waals surface area contributed by atoms with Crippen molar-refractivity contribution in [3.63, 3.8) is 0 Å². The smallest absolute Gasteiger partial charge is 0.250 e. The number of hydrogen-bond acceptors (Lipinski definition) is 4. The molecule has 2 heterocycles. The minimum Gasteiger partial charge on any atom is -0.290 e. The first-order valence-electron chi connectivity index (χ1n) is 4.65. The molecule has 0 bridgehead atoms. The molecule has 0 saturated heterocycles. The zero-order valence-electron chi connectivity index (χ0n) is 8.60. The van der Waals surface area contributed by atoms with Gasteiger partial charge in [0.25, 0.3) is 5.91 Å². The van der Waals surface area contributed by atoms with Gasteiger partial charge in [0.15, 0.2) is 0 Å². The van der Waals surface area contributed by atoms with Gasteiger partial charge in [0.1, 0.15) is 5.82 Å². The topological polar surface area (TPSA) is 70.7 Å². The molecule has 0 unspecified atom stereocenters. The molecule has 0 aliphatic carbocycles. The van der Waals surface area contributed by atoms with E-state index in [1.807, 2.05) is 17.5 Å². The van der Waals surface area contributed by atoms with Crippen LogP contribution in [0, 0.1) is 6.92 Å². The Morgan fingerprint density at radius 3 is 3.12 bits per heavy atom. The second kappa shape index (κ2) is 4.71. The molecule has 2 aromatic rings. The van der Waals surface area contributed by atoms with Crippen LogP contribution in [0.25, 0.3) is 6.08 Å². The van der Waals surface area contributed by atoms with E-state index in [0.29, 0.717) is 11.8 Å². The Bertz CT molecular complexity index is 501. The number of anilines is 1. The maximum Gasteiger partial charge on any atom is 0.250 e. The Morgan fingerprint density at radius 1 is 1.62 bits per heavy atom. The van der Waals surface area contributed by atoms with E-state index in [0.717, 1.165) is 4.88 Å². The first-order valence-corrected chi connectivity index (χ1v) is 5.53. The quantitative estimate of drug-likeness (QED) is 0.796. The average molecular weight is 234 g/mol. The second-order valence-corrected chi connectivity index (χ2v) is 4.06. The highest BCUT2D eigenvalue weighted by Crippen LogP contribution is 2.10. The van der Waals surface area contributed by atoms with Crippen LogP contribution in [0.3, 0.4) is 0 Å². The fraction of sp³-hybridized carbons (Fsp3) is 0.100. The third-order valence-electron chi connectivity index (χ3n) is 1.77. The van der Waals surface area contributed by atoms with Crippen LogP contribution in [0.4, 0.5) is 5.95 Å². The number of nitrogens with zero attached hydrogens (tertiary/aromatic N) is 2. The molecule has 0 atom stereocenters. The van der Waals surface area contributed by atoms with Gasteiger partial charge in [-0.1, -0.05) is 6.07 Å². The van der Waals surface area contributed by atoms with Gasteiger partial charge < -0.3 is 0 Å². The highest BCUT2D eigenvalue weighted by atomic mass is 32.1. The number of carbonyl (C=O) groups is 1. The van der Waals surface area contributed by atoms with Crippen LogP contribution in [0.1, 0.15) is 10.7 Å². The fourth-order valence-corrected chi connectivity index (χ4v) is 1.71. The summed E-state index contributed by atoms with van der Waals surface area (Å²) in [5.74, 6) is 0.711. The van der Waals surface area contributed by atoms with Gasteiger partial charge >= 0.3 is 0 Å². The molecule has 0 saturated carbocycles. The van der Waals surface area contributed by atoms with Gasteiger partial charge in [-0.2, -0.15) is 4.98 Å². The van der Waals surface area contributed by atoms with Gasteiger partial charge in [0.05, 0.1) is 0 Å². The molecule has 6 heteroatoms. The van der Waals surface area contributed by atoms with E-state index in [9.17, 15) is 4.79 Å². The molecule has 2 aromatic heterocycles. The largest absolute Gasteiger partial charge is 0.290 e. The molecule has 16 heavy (non-hydrogen) atoms. The molecule has 5 nitrogen and oxygen atoms in total. The maximum atomic E-state index is 11.4. The van der Waals surface area contributed by atoms with Crippen LogP contribution in [0.5, 0.6) is 0 Å². The number of aromatic nitrogens is 3. The van der Waals surface area contributed by atoms with Crippen LogP contribution in [0.2, 0.25) is 0 Å². The van der Waals surface area contributed by atoms with Crippen LogP contribution in [-0.4, -0.2) is 21.1 Å². The number of amides is 1. The molecule has 0 aliphatic heterocycles. The van der Waals surface area contributed by atoms with E-state index in [1.54, 1.807) is 24.3 Å². The number of nitrogens with one attached hydrogen (secondary N) is 2. The van der Waals surface area contributed by atoms with E-state index >= 15 is 0 Å². The van der Waals surface area contributed by atoms with Crippen LogP contribution < -0.4 is 5.32 Å². The van der Waals surface area contributed by atoms with Gasteiger partial charge in [0, 0.05) is 11.0 Å². The summed E-state index contributed by atoms with van der Waals surface area (Å²) < 4.78 is 0. The summed E-state index contributed by atoms with van der Waals surface area (Å²) in [5, 5.41) is 11.0. The number of rotatable bonds is 3. The van der Waals surface area contributed by atoms with Crippen molar-refractivity contribution >= 4 is 29.3 Å². The van der Waals surface area contributed by atoms with Gasteiger partial charge in [-0.3, -0.25) is 15.2 Å². The van der Waals surface area contributed by atoms with Crippen molar-refractivity contribution in [3.8, 4) is 0 Å². The van der Waals surface area contributed by atoms with Crippen molar-refractivity contribution in [2.24, 2.45) is 0 Å². The van der Waals surface area contributed by atoms with Crippen molar-refractivity contribution in [2.45, 2.75) is 6.92 Å². The van der Waals surface area contributed by atoms with Crippen LogP contribution in [-0.2, 0) is 4.79 Å². The first kappa shape index (κ1) is 10.6. The second-order valence-electron chi connectivity index (χ2n) is 3.08. The summed E-state index contributed by atoms with van der Waals surface area (Å²) in [4.78, 5) is 16.4. The summed E-state index contributed by atoms with van der Waals surface area (Å²) in [6.45, 7) is 1.77. The number of thiophene rings is 1.